The zero-order valence-corrected chi connectivity index (χ0v) is 15.6. The van der Waals surface area contributed by atoms with Crippen molar-refractivity contribution in [3.05, 3.63) is 35.4 Å². The highest BCUT2D eigenvalue weighted by molar-refractivity contribution is 8.01. The summed E-state index contributed by atoms with van der Waals surface area (Å²) >= 11 is 1.64. The molecule has 3 heterocycles. The smallest absolute Gasteiger partial charge is 0.256 e. The molecule has 0 aliphatic carbocycles. The van der Waals surface area contributed by atoms with Crippen LogP contribution in [0.25, 0.3) is 0 Å². The van der Waals surface area contributed by atoms with E-state index in [1.807, 2.05) is 38.1 Å². The van der Waals surface area contributed by atoms with Crippen LogP contribution in [0.2, 0.25) is 0 Å². The fraction of sp³-hybridized carbons (Fsp3) is 0.526. The number of likely N-dealkylation sites (tertiary alicyclic amines) is 1. The predicted octanol–water partition coefficient (Wildman–Crippen LogP) is 1.02. The lowest BCUT2D eigenvalue weighted by Gasteiger charge is -2.38. The average Bonchev–Trinajstić information content (AvgIpc) is 3.05. The normalized spacial score (nSPS) is 27.4. The van der Waals surface area contributed by atoms with Crippen LogP contribution in [0.3, 0.4) is 0 Å². The van der Waals surface area contributed by atoms with Crippen LogP contribution in [-0.4, -0.2) is 51.5 Å². The average molecular weight is 373 g/mol. The molecule has 26 heavy (non-hydrogen) atoms. The quantitative estimate of drug-likeness (QED) is 0.773. The van der Waals surface area contributed by atoms with Crippen LogP contribution in [-0.2, 0) is 9.59 Å². The van der Waals surface area contributed by atoms with Gasteiger partial charge in [0, 0.05) is 35.3 Å². The minimum atomic E-state index is -1.04. The number of carbonyl (C=O) groups is 3. The highest BCUT2D eigenvalue weighted by Crippen LogP contribution is 2.56. The van der Waals surface area contributed by atoms with Crippen LogP contribution in [0.15, 0.2) is 24.3 Å². The molecule has 0 saturated carbocycles. The highest BCUT2D eigenvalue weighted by atomic mass is 32.2. The Morgan fingerprint density at radius 2 is 1.85 bits per heavy atom. The second-order valence-electron chi connectivity index (χ2n) is 7.69. The first kappa shape index (κ1) is 17.4. The van der Waals surface area contributed by atoms with E-state index in [-0.39, 0.29) is 17.2 Å². The molecule has 3 aliphatic rings. The summed E-state index contributed by atoms with van der Waals surface area (Å²) in [4.78, 5) is 40.7. The number of amides is 2. The van der Waals surface area contributed by atoms with Crippen LogP contribution in [0.1, 0.15) is 48.0 Å². The van der Waals surface area contributed by atoms with Crippen molar-refractivity contribution in [1.82, 2.24) is 9.80 Å². The first-order valence-electron chi connectivity index (χ1n) is 8.90. The minimum absolute atomic E-state index is 0.0806. The largest absolute Gasteiger partial charge is 0.550 e. The maximum absolute atomic E-state index is 13.3. The van der Waals surface area contributed by atoms with Crippen molar-refractivity contribution < 1.29 is 19.5 Å². The summed E-state index contributed by atoms with van der Waals surface area (Å²) in [6.45, 7) is 4.80. The van der Waals surface area contributed by atoms with Crippen LogP contribution in [0, 0.1) is 5.92 Å². The predicted molar refractivity (Wildman–Crippen MR) is 95.1 cm³/mol. The molecule has 2 saturated heterocycles. The van der Waals surface area contributed by atoms with Gasteiger partial charge in [0.1, 0.15) is 11.4 Å². The van der Waals surface area contributed by atoms with Gasteiger partial charge in [-0.05, 0) is 38.3 Å². The van der Waals surface area contributed by atoms with Crippen molar-refractivity contribution >= 4 is 29.5 Å². The van der Waals surface area contributed by atoms with Crippen molar-refractivity contribution in [3.8, 4) is 0 Å². The Hall–Kier alpha value is -2.02. The van der Waals surface area contributed by atoms with E-state index in [1.54, 1.807) is 21.6 Å². The molecule has 2 fully saturated rings. The van der Waals surface area contributed by atoms with Gasteiger partial charge >= 0.3 is 0 Å². The Morgan fingerprint density at radius 3 is 2.50 bits per heavy atom. The van der Waals surface area contributed by atoms with Crippen LogP contribution in [0.5, 0.6) is 0 Å². The van der Waals surface area contributed by atoms with Gasteiger partial charge in [0.2, 0.25) is 5.91 Å². The topological polar surface area (TPSA) is 80.8 Å². The molecule has 3 aliphatic heterocycles. The monoisotopic (exact) mass is 373 g/mol. The van der Waals surface area contributed by atoms with Crippen LogP contribution < -0.4 is 5.11 Å². The first-order valence-corrected chi connectivity index (χ1v) is 9.78. The second kappa shape index (κ2) is 6.01. The van der Waals surface area contributed by atoms with Gasteiger partial charge in [-0.2, -0.15) is 0 Å². The molecule has 2 amide bonds. The Labute approximate surface area is 156 Å². The third-order valence-electron chi connectivity index (χ3n) is 5.67. The third kappa shape index (κ3) is 2.52. The number of carbonyl (C=O) groups excluding carboxylic acids is 3. The molecule has 138 valence electrons. The van der Waals surface area contributed by atoms with Gasteiger partial charge < -0.3 is 19.7 Å². The molecule has 0 spiro atoms. The fourth-order valence-corrected chi connectivity index (χ4v) is 5.87. The Morgan fingerprint density at radius 1 is 1.19 bits per heavy atom. The molecule has 0 unspecified atom stereocenters. The Bertz CT molecular complexity index is 785. The van der Waals surface area contributed by atoms with Gasteiger partial charge in [0.15, 0.2) is 0 Å². The zero-order valence-electron chi connectivity index (χ0n) is 14.8. The molecule has 0 radical (unpaired) electrons. The number of hydrogen-bond acceptors (Lipinski definition) is 5. The summed E-state index contributed by atoms with van der Waals surface area (Å²) in [6, 6.07) is 6.99. The van der Waals surface area contributed by atoms with Gasteiger partial charge in [-0.3, -0.25) is 9.59 Å². The number of nitrogens with zero attached hydrogens (tertiary/aromatic N) is 2. The molecule has 0 aromatic heterocycles. The lowest BCUT2D eigenvalue weighted by atomic mass is 9.94. The molecular formula is C19H21N2O4S-. The minimum Gasteiger partial charge on any atom is -0.550 e. The summed E-state index contributed by atoms with van der Waals surface area (Å²) < 4.78 is -0.407. The molecule has 6 nitrogen and oxygen atoms in total. The Balaban J connectivity index is 1.59. The van der Waals surface area contributed by atoms with Crippen molar-refractivity contribution in [1.29, 1.82) is 0 Å². The van der Waals surface area contributed by atoms with Gasteiger partial charge in [-0.1, -0.05) is 18.2 Å². The van der Waals surface area contributed by atoms with Crippen molar-refractivity contribution in [2.24, 2.45) is 5.92 Å². The van der Waals surface area contributed by atoms with Gasteiger partial charge in [-0.25, -0.2) is 0 Å². The standard InChI is InChI=1S/C19H22N2O4S/c1-19(2)14(16(23)20-9-7-11(8-10-20)18(24)25)21-15(22)12-5-3-4-6-13(12)17(21)26-19/h3-6,11,14,17H,7-10H2,1-2H3,(H,24,25)/p-1/t14-,17-/m1/s1. The number of rotatable bonds is 2. The number of carboxylic acids is 1. The lowest BCUT2D eigenvalue weighted by Crippen LogP contribution is -2.55. The van der Waals surface area contributed by atoms with E-state index in [0.29, 0.717) is 31.5 Å². The van der Waals surface area contributed by atoms with Gasteiger partial charge in [0.25, 0.3) is 5.91 Å². The number of hydrogen-bond donors (Lipinski definition) is 0. The molecule has 4 rings (SSSR count). The van der Waals surface area contributed by atoms with E-state index in [2.05, 4.69) is 0 Å². The highest BCUT2D eigenvalue weighted by Gasteiger charge is 2.58. The fourth-order valence-electron chi connectivity index (χ4n) is 4.29. The second-order valence-corrected chi connectivity index (χ2v) is 9.43. The molecule has 7 heteroatoms. The molecule has 0 bridgehead atoms. The lowest BCUT2D eigenvalue weighted by molar-refractivity contribution is -0.312. The van der Waals surface area contributed by atoms with E-state index in [0.717, 1.165) is 5.56 Å². The summed E-state index contributed by atoms with van der Waals surface area (Å²) in [6.07, 6.45) is 0.817. The van der Waals surface area contributed by atoms with E-state index in [4.69, 9.17) is 0 Å². The molecular weight excluding hydrogens is 352 g/mol. The van der Waals surface area contributed by atoms with Gasteiger partial charge in [-0.15, -0.1) is 11.8 Å². The maximum atomic E-state index is 13.3. The molecule has 1 aromatic carbocycles. The summed E-state index contributed by atoms with van der Waals surface area (Å²) in [7, 11) is 0. The molecule has 1 aromatic rings. The van der Waals surface area contributed by atoms with Gasteiger partial charge in [0.05, 0.1) is 0 Å². The zero-order chi connectivity index (χ0) is 18.6. The number of thioether (sulfide) groups is 1. The van der Waals surface area contributed by atoms with E-state index in [1.165, 1.54) is 0 Å². The summed E-state index contributed by atoms with van der Waals surface area (Å²) in [5, 5.41) is 10.9. The number of aliphatic carboxylic acids is 1. The van der Waals surface area contributed by atoms with Crippen molar-refractivity contribution in [3.63, 3.8) is 0 Å². The molecule has 0 N–H and O–H groups in total. The first-order chi connectivity index (χ1) is 12.3. The van der Waals surface area contributed by atoms with E-state index >= 15 is 0 Å². The number of benzene rings is 1. The third-order valence-corrected chi connectivity index (χ3v) is 7.21. The van der Waals surface area contributed by atoms with Crippen LogP contribution in [0.4, 0.5) is 0 Å². The van der Waals surface area contributed by atoms with E-state index in [9.17, 15) is 19.5 Å². The summed E-state index contributed by atoms with van der Waals surface area (Å²) in [5.74, 6) is -1.70. The van der Waals surface area contributed by atoms with Crippen molar-refractivity contribution in [2.45, 2.75) is 42.9 Å². The Kier molecular flexibility index (Phi) is 4.02. The number of fused-ring (bicyclic) bond motifs is 3. The number of carboxylic acid groups (broad SMARTS) is 1. The number of piperidine rings is 1. The van der Waals surface area contributed by atoms with Crippen molar-refractivity contribution in [2.75, 3.05) is 13.1 Å². The van der Waals surface area contributed by atoms with E-state index < -0.39 is 22.7 Å². The molecule has 2 atom stereocenters. The maximum Gasteiger partial charge on any atom is 0.256 e. The SMILES string of the molecule is CC1(C)S[C@@H]2c3ccccc3C(=O)N2[C@@H]1C(=O)N1CCC(C(=O)[O-])CC1. The summed E-state index contributed by atoms with van der Waals surface area (Å²) in [5.41, 5.74) is 1.65. The van der Waals surface area contributed by atoms with Crippen LogP contribution >= 0.6 is 11.8 Å².